The molecule has 0 bridgehead atoms. The predicted octanol–water partition coefficient (Wildman–Crippen LogP) is 2.53. The number of fused-ring (bicyclic) bond motifs is 1. The first-order chi connectivity index (χ1) is 12.1. The van der Waals surface area contributed by atoms with Crippen molar-refractivity contribution < 1.29 is 14.3 Å². The average molecular weight is 340 g/mol. The first kappa shape index (κ1) is 17.3. The lowest BCUT2D eigenvalue weighted by atomic mass is 9.87. The van der Waals surface area contributed by atoms with Crippen LogP contribution in [0.5, 0.6) is 11.5 Å². The van der Waals surface area contributed by atoms with E-state index in [1.54, 1.807) is 21.1 Å². The Morgan fingerprint density at radius 3 is 2.40 bits per heavy atom. The van der Waals surface area contributed by atoms with Crippen molar-refractivity contribution in [3.05, 3.63) is 59.2 Å². The standard InChI is InChI=1S/C20H24N2O3/c1-13(21)20(23)22-10-9-15-11-17(24-2)18(25-3)12-16(15)19(22)14-7-5-4-6-8-14/h4-8,11-13,19H,9-10,21H2,1-3H3/t13-,19-/m1/s1. The predicted molar refractivity (Wildman–Crippen MR) is 96.9 cm³/mol. The van der Waals surface area contributed by atoms with Crippen molar-refractivity contribution in [2.24, 2.45) is 5.73 Å². The maximum Gasteiger partial charge on any atom is 0.239 e. The van der Waals surface area contributed by atoms with Crippen LogP contribution in [0, 0.1) is 0 Å². The summed E-state index contributed by atoms with van der Waals surface area (Å²) in [6.07, 6.45) is 0.761. The molecule has 0 aliphatic carbocycles. The zero-order valence-electron chi connectivity index (χ0n) is 14.9. The van der Waals surface area contributed by atoms with E-state index < -0.39 is 6.04 Å². The summed E-state index contributed by atoms with van der Waals surface area (Å²) in [6.45, 7) is 2.36. The molecule has 1 aliphatic heterocycles. The first-order valence-corrected chi connectivity index (χ1v) is 8.42. The molecule has 25 heavy (non-hydrogen) atoms. The second-order valence-corrected chi connectivity index (χ2v) is 6.29. The molecule has 1 aliphatic rings. The number of methoxy groups -OCH3 is 2. The summed E-state index contributed by atoms with van der Waals surface area (Å²) in [4.78, 5) is 14.6. The molecule has 5 heteroatoms. The van der Waals surface area contributed by atoms with Gasteiger partial charge in [-0.3, -0.25) is 4.79 Å². The Kier molecular flexibility index (Phi) is 4.95. The van der Waals surface area contributed by atoms with E-state index in [-0.39, 0.29) is 11.9 Å². The number of benzene rings is 2. The third kappa shape index (κ3) is 3.20. The fourth-order valence-corrected chi connectivity index (χ4v) is 3.44. The molecule has 0 spiro atoms. The number of hydrogen-bond acceptors (Lipinski definition) is 4. The third-order valence-corrected chi connectivity index (χ3v) is 4.66. The Balaban J connectivity index is 2.15. The zero-order chi connectivity index (χ0) is 18.0. The minimum absolute atomic E-state index is 0.0470. The smallest absolute Gasteiger partial charge is 0.239 e. The molecular formula is C20H24N2O3. The lowest BCUT2D eigenvalue weighted by Gasteiger charge is -2.39. The molecule has 132 valence electrons. The van der Waals surface area contributed by atoms with Gasteiger partial charge in [0.15, 0.2) is 11.5 Å². The lowest BCUT2D eigenvalue weighted by Crippen LogP contribution is -2.47. The number of ether oxygens (including phenoxy) is 2. The maximum atomic E-state index is 12.7. The normalized spacial score (nSPS) is 17.6. The monoisotopic (exact) mass is 340 g/mol. The zero-order valence-corrected chi connectivity index (χ0v) is 14.9. The van der Waals surface area contributed by atoms with Crippen LogP contribution in [-0.2, 0) is 11.2 Å². The van der Waals surface area contributed by atoms with E-state index in [1.165, 1.54) is 5.56 Å². The van der Waals surface area contributed by atoms with Gasteiger partial charge >= 0.3 is 0 Å². The number of amides is 1. The summed E-state index contributed by atoms with van der Waals surface area (Å²) in [6, 6.07) is 13.3. The third-order valence-electron chi connectivity index (χ3n) is 4.66. The van der Waals surface area contributed by atoms with Gasteiger partial charge < -0.3 is 20.1 Å². The first-order valence-electron chi connectivity index (χ1n) is 8.42. The molecule has 5 nitrogen and oxygen atoms in total. The number of rotatable bonds is 4. The topological polar surface area (TPSA) is 64.8 Å². The van der Waals surface area contributed by atoms with Crippen LogP contribution in [0.15, 0.2) is 42.5 Å². The maximum absolute atomic E-state index is 12.7. The molecule has 0 saturated carbocycles. The second kappa shape index (κ2) is 7.15. The molecule has 0 radical (unpaired) electrons. The van der Waals surface area contributed by atoms with Crippen molar-refractivity contribution in [3.8, 4) is 11.5 Å². The Labute approximate surface area is 148 Å². The van der Waals surface area contributed by atoms with Crippen molar-refractivity contribution in [1.29, 1.82) is 0 Å². The fourth-order valence-electron chi connectivity index (χ4n) is 3.44. The molecule has 2 aromatic carbocycles. The van der Waals surface area contributed by atoms with Crippen molar-refractivity contribution >= 4 is 5.91 Å². The van der Waals surface area contributed by atoms with Crippen molar-refractivity contribution in [3.63, 3.8) is 0 Å². The Morgan fingerprint density at radius 2 is 1.80 bits per heavy atom. The van der Waals surface area contributed by atoms with Crippen LogP contribution in [0.1, 0.15) is 29.7 Å². The van der Waals surface area contributed by atoms with Gasteiger partial charge in [-0.1, -0.05) is 30.3 Å². The van der Waals surface area contributed by atoms with E-state index >= 15 is 0 Å². The number of hydrogen-bond donors (Lipinski definition) is 1. The van der Waals surface area contributed by atoms with Gasteiger partial charge in [0, 0.05) is 6.54 Å². The van der Waals surface area contributed by atoms with Gasteiger partial charge in [0.05, 0.1) is 26.3 Å². The highest BCUT2D eigenvalue weighted by atomic mass is 16.5. The number of carbonyl (C=O) groups excluding carboxylic acids is 1. The molecule has 2 N–H and O–H groups in total. The van der Waals surface area contributed by atoms with Crippen LogP contribution < -0.4 is 15.2 Å². The average Bonchev–Trinajstić information content (AvgIpc) is 2.65. The number of nitrogens with two attached hydrogens (primary N) is 1. The van der Waals surface area contributed by atoms with Crippen LogP contribution >= 0.6 is 0 Å². The van der Waals surface area contributed by atoms with Crippen molar-refractivity contribution in [2.75, 3.05) is 20.8 Å². The summed E-state index contributed by atoms with van der Waals surface area (Å²) >= 11 is 0. The summed E-state index contributed by atoms with van der Waals surface area (Å²) in [5.74, 6) is 1.33. The largest absolute Gasteiger partial charge is 0.493 e. The van der Waals surface area contributed by atoms with Crippen LogP contribution in [0.4, 0.5) is 0 Å². The Hall–Kier alpha value is -2.53. The van der Waals surface area contributed by atoms with Gasteiger partial charge in [0.2, 0.25) is 5.91 Å². The van der Waals surface area contributed by atoms with Crippen LogP contribution in [0.25, 0.3) is 0 Å². The Morgan fingerprint density at radius 1 is 1.16 bits per heavy atom. The van der Waals surface area contributed by atoms with Gasteiger partial charge in [-0.2, -0.15) is 0 Å². The molecule has 2 aromatic rings. The van der Waals surface area contributed by atoms with E-state index in [4.69, 9.17) is 15.2 Å². The summed E-state index contributed by atoms with van der Waals surface area (Å²) in [5.41, 5.74) is 9.18. The van der Waals surface area contributed by atoms with Gasteiger partial charge in [0.1, 0.15) is 0 Å². The van der Waals surface area contributed by atoms with Gasteiger partial charge in [0.25, 0.3) is 0 Å². The molecular weight excluding hydrogens is 316 g/mol. The minimum Gasteiger partial charge on any atom is -0.493 e. The molecule has 0 saturated heterocycles. The highest BCUT2D eigenvalue weighted by Crippen LogP contribution is 2.41. The summed E-state index contributed by atoms with van der Waals surface area (Å²) < 4.78 is 10.9. The van der Waals surface area contributed by atoms with Gasteiger partial charge in [-0.05, 0) is 42.2 Å². The molecule has 3 rings (SSSR count). The lowest BCUT2D eigenvalue weighted by molar-refractivity contribution is -0.134. The molecule has 2 atom stereocenters. The minimum atomic E-state index is -0.534. The highest BCUT2D eigenvalue weighted by molar-refractivity contribution is 5.82. The molecule has 0 aromatic heterocycles. The number of carbonyl (C=O) groups is 1. The highest BCUT2D eigenvalue weighted by Gasteiger charge is 2.34. The van der Waals surface area contributed by atoms with E-state index in [0.29, 0.717) is 18.0 Å². The van der Waals surface area contributed by atoms with E-state index in [0.717, 1.165) is 17.5 Å². The van der Waals surface area contributed by atoms with E-state index in [1.807, 2.05) is 47.4 Å². The van der Waals surface area contributed by atoms with Crippen LogP contribution in [0.2, 0.25) is 0 Å². The van der Waals surface area contributed by atoms with Crippen LogP contribution in [-0.4, -0.2) is 37.6 Å². The summed E-state index contributed by atoms with van der Waals surface area (Å²) in [7, 11) is 3.25. The fraction of sp³-hybridized carbons (Fsp3) is 0.350. The second-order valence-electron chi connectivity index (χ2n) is 6.29. The molecule has 1 heterocycles. The molecule has 0 fully saturated rings. The van der Waals surface area contributed by atoms with Crippen LogP contribution in [0.3, 0.4) is 0 Å². The van der Waals surface area contributed by atoms with Crippen molar-refractivity contribution in [1.82, 2.24) is 4.90 Å². The number of nitrogens with zero attached hydrogens (tertiary/aromatic N) is 1. The van der Waals surface area contributed by atoms with E-state index in [9.17, 15) is 4.79 Å². The van der Waals surface area contributed by atoms with Gasteiger partial charge in [-0.15, -0.1) is 0 Å². The Bertz CT molecular complexity index is 759. The van der Waals surface area contributed by atoms with Gasteiger partial charge in [-0.25, -0.2) is 0 Å². The SMILES string of the molecule is COc1cc2c(cc1OC)[C@@H](c1ccccc1)N(C(=O)[C@@H](C)N)CC2. The molecule has 0 unspecified atom stereocenters. The molecule has 1 amide bonds. The van der Waals surface area contributed by atoms with E-state index in [2.05, 4.69) is 0 Å². The van der Waals surface area contributed by atoms with Crippen molar-refractivity contribution in [2.45, 2.75) is 25.4 Å². The quantitative estimate of drug-likeness (QED) is 0.929. The summed E-state index contributed by atoms with van der Waals surface area (Å²) in [5, 5.41) is 0.